The van der Waals surface area contributed by atoms with Gasteiger partial charge in [0, 0.05) is 18.4 Å². The van der Waals surface area contributed by atoms with Gasteiger partial charge in [-0.2, -0.15) is 0 Å². The van der Waals surface area contributed by atoms with Gasteiger partial charge in [-0.25, -0.2) is 4.39 Å². The number of ketones is 1. The molecule has 1 aromatic carbocycles. The molecule has 28 heavy (non-hydrogen) atoms. The monoisotopic (exact) mass is 387 g/mol. The summed E-state index contributed by atoms with van der Waals surface area (Å²) in [6.45, 7) is 3.61. The smallest absolute Gasteiger partial charge is 0.139 e. The molecule has 2 fully saturated rings. The third kappa shape index (κ3) is 3.43. The maximum Gasteiger partial charge on any atom is 0.139 e. The number of Topliss-reactive ketones (excluding diaryl/α,β-unsaturated/α-hetero) is 1. The fourth-order valence-electron chi connectivity index (χ4n) is 6.68. The molecule has 0 amide bonds. The molecule has 0 aliphatic heterocycles. The summed E-state index contributed by atoms with van der Waals surface area (Å²) in [6, 6.07) is 5.61. The van der Waals surface area contributed by atoms with Crippen LogP contribution in [-0.4, -0.2) is 26.2 Å². The second-order valence-electron chi connectivity index (χ2n) is 9.39. The number of carbonyl (C=O) groups excluding carboxylic acids is 1. The first-order valence-electron chi connectivity index (χ1n) is 11.1. The van der Waals surface area contributed by atoms with E-state index in [1.165, 1.54) is 5.56 Å². The van der Waals surface area contributed by atoms with Crippen molar-refractivity contribution in [1.82, 2.24) is 5.32 Å². The number of fused-ring (bicyclic) bond motifs is 5. The zero-order valence-electron chi connectivity index (χ0n) is 17.3. The van der Waals surface area contributed by atoms with Gasteiger partial charge in [0.25, 0.3) is 0 Å². The Labute approximate surface area is 168 Å². The number of halogens is 1. The molecule has 0 radical (unpaired) electrons. The second-order valence-corrected chi connectivity index (χ2v) is 9.39. The summed E-state index contributed by atoms with van der Waals surface area (Å²) in [7, 11) is 1.89. The van der Waals surface area contributed by atoms with Gasteiger partial charge >= 0.3 is 0 Å². The van der Waals surface area contributed by atoms with Crippen molar-refractivity contribution in [2.24, 2.45) is 23.2 Å². The van der Waals surface area contributed by atoms with Gasteiger partial charge in [0.2, 0.25) is 0 Å². The summed E-state index contributed by atoms with van der Waals surface area (Å²) in [5.74, 6) is 2.37. The highest BCUT2D eigenvalue weighted by molar-refractivity contribution is 5.87. The van der Waals surface area contributed by atoms with E-state index in [4.69, 9.17) is 4.74 Å². The standard InChI is InChI=1S/C24H34FNO2/c1-24-12-11-18-17-7-5-8-21(25)19(17)9-10-20(18)23(24)16(14-22(24)27)6-3-4-13-28-15-26-2/h5,7-8,16,18,20,23,26H,3-4,6,9-15H2,1-2H3/t16-,18?,20?,23?,24-/m1/s1. The molecule has 3 aliphatic carbocycles. The minimum Gasteiger partial charge on any atom is -0.366 e. The number of rotatable bonds is 7. The normalized spacial score (nSPS) is 34.0. The first-order chi connectivity index (χ1) is 13.6. The third-order valence-corrected chi connectivity index (χ3v) is 7.92. The molecule has 3 aliphatic rings. The van der Waals surface area contributed by atoms with Crippen LogP contribution in [0.15, 0.2) is 18.2 Å². The molecule has 0 saturated heterocycles. The summed E-state index contributed by atoms with van der Waals surface area (Å²) in [5.41, 5.74) is 2.02. The maximum absolute atomic E-state index is 14.3. The molecule has 2 saturated carbocycles. The molecule has 1 N–H and O–H groups in total. The van der Waals surface area contributed by atoms with Crippen LogP contribution in [0.3, 0.4) is 0 Å². The molecule has 0 bridgehead atoms. The van der Waals surface area contributed by atoms with Crippen LogP contribution < -0.4 is 5.32 Å². The van der Waals surface area contributed by atoms with Crippen molar-refractivity contribution in [3.63, 3.8) is 0 Å². The van der Waals surface area contributed by atoms with Crippen molar-refractivity contribution in [3.05, 3.63) is 35.1 Å². The molecule has 5 atom stereocenters. The topological polar surface area (TPSA) is 38.3 Å². The lowest BCUT2D eigenvalue weighted by Crippen LogP contribution is -2.44. The van der Waals surface area contributed by atoms with E-state index < -0.39 is 0 Å². The Morgan fingerprint density at radius 1 is 1.29 bits per heavy atom. The Bertz CT molecular complexity index is 721. The van der Waals surface area contributed by atoms with Crippen molar-refractivity contribution < 1.29 is 13.9 Å². The van der Waals surface area contributed by atoms with E-state index in [0.29, 0.717) is 36.2 Å². The average molecular weight is 388 g/mol. The van der Waals surface area contributed by atoms with E-state index in [-0.39, 0.29) is 11.2 Å². The Balaban J connectivity index is 1.49. The highest BCUT2D eigenvalue weighted by atomic mass is 19.1. The van der Waals surface area contributed by atoms with Gasteiger partial charge in [0.05, 0.1) is 6.73 Å². The summed E-state index contributed by atoms with van der Waals surface area (Å²) >= 11 is 0. The molecule has 4 rings (SSSR count). The van der Waals surface area contributed by atoms with Gasteiger partial charge in [-0.15, -0.1) is 0 Å². The number of benzene rings is 1. The minimum absolute atomic E-state index is 0.0371. The van der Waals surface area contributed by atoms with Crippen LogP contribution in [0.1, 0.15) is 68.9 Å². The van der Waals surface area contributed by atoms with Crippen LogP contribution >= 0.6 is 0 Å². The minimum atomic E-state index is -0.153. The second kappa shape index (κ2) is 8.23. The van der Waals surface area contributed by atoms with Crippen LogP contribution in [-0.2, 0) is 16.0 Å². The fraction of sp³-hybridized carbons (Fsp3) is 0.708. The molecule has 1 aromatic rings. The highest BCUT2D eigenvalue weighted by Crippen LogP contribution is 2.62. The number of unbranched alkanes of at least 4 members (excludes halogenated alkanes) is 1. The van der Waals surface area contributed by atoms with Gasteiger partial charge in [0.1, 0.15) is 11.6 Å². The molecule has 4 heteroatoms. The predicted molar refractivity (Wildman–Crippen MR) is 109 cm³/mol. The van der Waals surface area contributed by atoms with Crippen molar-refractivity contribution in [3.8, 4) is 0 Å². The largest absolute Gasteiger partial charge is 0.366 e. The van der Waals surface area contributed by atoms with Crippen molar-refractivity contribution in [2.75, 3.05) is 20.4 Å². The Morgan fingerprint density at radius 3 is 2.96 bits per heavy atom. The van der Waals surface area contributed by atoms with E-state index in [1.54, 1.807) is 6.07 Å². The molecular weight excluding hydrogens is 353 g/mol. The summed E-state index contributed by atoms with van der Waals surface area (Å²) in [4.78, 5) is 13.0. The number of hydrogen-bond donors (Lipinski definition) is 1. The summed E-state index contributed by atoms with van der Waals surface area (Å²) < 4.78 is 19.9. The Hall–Kier alpha value is -1.26. The summed E-state index contributed by atoms with van der Waals surface area (Å²) in [5, 5.41) is 3.00. The van der Waals surface area contributed by atoms with Crippen LogP contribution in [0.4, 0.5) is 4.39 Å². The first kappa shape index (κ1) is 20.0. The lowest BCUT2D eigenvalue weighted by atomic mass is 9.54. The molecule has 154 valence electrons. The van der Waals surface area contributed by atoms with Crippen LogP contribution in [0, 0.1) is 29.0 Å². The van der Waals surface area contributed by atoms with E-state index >= 15 is 0 Å². The Kier molecular flexibility index (Phi) is 5.89. The van der Waals surface area contributed by atoms with Gasteiger partial charge in [-0.05, 0) is 86.4 Å². The van der Waals surface area contributed by atoms with Crippen molar-refractivity contribution in [1.29, 1.82) is 0 Å². The van der Waals surface area contributed by atoms with Gasteiger partial charge in [0.15, 0.2) is 0 Å². The number of carbonyl (C=O) groups is 1. The highest BCUT2D eigenvalue weighted by Gasteiger charge is 2.58. The average Bonchev–Trinajstić information content (AvgIpc) is 2.95. The third-order valence-electron chi connectivity index (χ3n) is 7.92. The van der Waals surface area contributed by atoms with Gasteiger partial charge < -0.3 is 4.74 Å². The van der Waals surface area contributed by atoms with Crippen LogP contribution in [0.25, 0.3) is 0 Å². The summed E-state index contributed by atoms with van der Waals surface area (Å²) in [6.07, 6.45) is 7.91. The van der Waals surface area contributed by atoms with Crippen LogP contribution in [0.5, 0.6) is 0 Å². The van der Waals surface area contributed by atoms with Crippen molar-refractivity contribution >= 4 is 5.78 Å². The Morgan fingerprint density at radius 2 is 2.14 bits per heavy atom. The van der Waals surface area contributed by atoms with E-state index in [9.17, 15) is 9.18 Å². The van der Waals surface area contributed by atoms with E-state index in [2.05, 4.69) is 18.3 Å². The lowest BCUT2D eigenvalue weighted by Gasteiger charge is -2.50. The zero-order chi connectivity index (χ0) is 19.7. The predicted octanol–water partition coefficient (Wildman–Crippen LogP) is 4.84. The van der Waals surface area contributed by atoms with Gasteiger partial charge in [-0.1, -0.05) is 25.5 Å². The molecule has 0 spiro atoms. The molecule has 3 nitrogen and oxygen atoms in total. The molecular formula is C24H34FNO2. The molecule has 0 aromatic heterocycles. The number of ether oxygens (including phenoxy) is 1. The SMILES string of the molecule is CNCOCCCC[C@@H]1CC(=O)[C@@]2(C)CCC3c4cccc(F)c4CCC3C12. The fourth-order valence-corrected chi connectivity index (χ4v) is 6.68. The van der Waals surface area contributed by atoms with E-state index in [0.717, 1.165) is 63.5 Å². The molecule has 3 unspecified atom stereocenters. The maximum atomic E-state index is 14.3. The number of hydrogen-bond acceptors (Lipinski definition) is 3. The van der Waals surface area contributed by atoms with E-state index in [1.807, 2.05) is 13.1 Å². The zero-order valence-corrected chi connectivity index (χ0v) is 17.3. The lowest BCUT2D eigenvalue weighted by molar-refractivity contribution is -0.129. The van der Waals surface area contributed by atoms with Crippen LogP contribution in [0.2, 0.25) is 0 Å². The number of nitrogens with one attached hydrogen (secondary N) is 1. The molecule has 0 heterocycles. The van der Waals surface area contributed by atoms with Crippen molar-refractivity contribution in [2.45, 2.75) is 64.2 Å². The van der Waals surface area contributed by atoms with Gasteiger partial charge in [-0.3, -0.25) is 10.1 Å². The quantitative estimate of drug-likeness (QED) is 0.537. The first-order valence-corrected chi connectivity index (χ1v) is 11.1.